The molecule has 14 heteroatoms. The van der Waals surface area contributed by atoms with Gasteiger partial charge in [0.15, 0.2) is 0 Å². The van der Waals surface area contributed by atoms with Crippen molar-refractivity contribution in [1.29, 1.82) is 0 Å². The van der Waals surface area contributed by atoms with Crippen molar-refractivity contribution in [3.8, 4) is 5.75 Å². The van der Waals surface area contributed by atoms with Crippen LogP contribution in [0.25, 0.3) is 0 Å². The van der Waals surface area contributed by atoms with E-state index < -0.39 is 29.0 Å². The van der Waals surface area contributed by atoms with E-state index in [2.05, 4.69) is 25.6 Å². The number of hydrogen-bond donors (Lipinski definition) is 3. The minimum atomic E-state index is -4.64. The molecule has 3 aromatic rings. The number of aliphatic imine (C=N–C) groups is 1. The van der Waals surface area contributed by atoms with E-state index in [-0.39, 0.29) is 64.6 Å². The average molecular weight is 582 g/mol. The first kappa shape index (κ1) is 28.3. The van der Waals surface area contributed by atoms with E-state index in [0.29, 0.717) is 0 Å². The molecule has 1 aliphatic rings. The number of rotatable bonds is 7. The highest BCUT2D eigenvalue weighted by molar-refractivity contribution is 6.31. The molecular weight excluding hydrogens is 562 g/mol. The normalized spacial score (nSPS) is 17.4. The second-order valence-corrected chi connectivity index (χ2v) is 9.45. The Hall–Kier alpha value is -3.74. The van der Waals surface area contributed by atoms with Crippen LogP contribution in [0.4, 0.5) is 24.5 Å². The maximum absolute atomic E-state index is 13.4. The molecule has 9 nitrogen and oxygen atoms in total. The third-order valence-corrected chi connectivity index (χ3v) is 6.37. The minimum Gasteiger partial charge on any atom is -0.506 e. The molecule has 0 spiro atoms. The summed E-state index contributed by atoms with van der Waals surface area (Å²) in [6.07, 6.45) is 0.525. The number of pyridine rings is 2. The number of nitrogens with zero attached hydrogens (tertiary/aromatic N) is 3. The van der Waals surface area contributed by atoms with Gasteiger partial charge in [-0.1, -0.05) is 23.2 Å². The summed E-state index contributed by atoms with van der Waals surface area (Å²) < 4.78 is 45.5. The predicted molar refractivity (Wildman–Crippen MR) is 137 cm³/mol. The van der Waals surface area contributed by atoms with E-state index in [1.807, 2.05) is 0 Å². The predicted octanol–water partition coefficient (Wildman–Crippen LogP) is 5.19. The zero-order chi connectivity index (χ0) is 28.2. The quantitative estimate of drug-likeness (QED) is 0.328. The summed E-state index contributed by atoms with van der Waals surface area (Å²) in [6, 6.07) is 5.90. The van der Waals surface area contributed by atoms with E-state index in [1.165, 1.54) is 49.1 Å². The summed E-state index contributed by atoms with van der Waals surface area (Å²) in [5.74, 6) is -1.38. The Bertz CT molecular complexity index is 1430. The third kappa shape index (κ3) is 6.83. The molecule has 1 fully saturated rings. The maximum Gasteiger partial charge on any atom is 0.418 e. The fourth-order valence-corrected chi connectivity index (χ4v) is 4.15. The fraction of sp³-hybridized carbons (Fsp3) is 0.240. The third-order valence-electron chi connectivity index (χ3n) is 5.80. The van der Waals surface area contributed by atoms with Gasteiger partial charge in [0.05, 0.1) is 58.8 Å². The molecule has 39 heavy (non-hydrogen) atoms. The van der Waals surface area contributed by atoms with Gasteiger partial charge in [0, 0.05) is 24.0 Å². The summed E-state index contributed by atoms with van der Waals surface area (Å²) >= 11 is 12.0. The van der Waals surface area contributed by atoms with Crippen LogP contribution in [0.1, 0.15) is 28.0 Å². The van der Waals surface area contributed by atoms with Gasteiger partial charge in [-0.3, -0.25) is 19.6 Å². The van der Waals surface area contributed by atoms with Crippen molar-refractivity contribution in [3.63, 3.8) is 0 Å². The Labute approximate surface area is 230 Å². The Morgan fingerprint density at radius 1 is 1.18 bits per heavy atom. The van der Waals surface area contributed by atoms with Gasteiger partial charge in [-0.05, 0) is 36.8 Å². The summed E-state index contributed by atoms with van der Waals surface area (Å²) in [6.45, 7) is 0.151. The molecule has 4 rings (SSSR count). The van der Waals surface area contributed by atoms with Crippen LogP contribution in [0.3, 0.4) is 0 Å². The number of carbonyl (C=O) groups is 2. The zero-order valence-corrected chi connectivity index (χ0v) is 21.4. The highest BCUT2D eigenvalue weighted by atomic mass is 35.5. The summed E-state index contributed by atoms with van der Waals surface area (Å²) in [7, 11) is 0. The Kier molecular flexibility index (Phi) is 8.38. The number of carbonyl (C=O) groups excluding carboxylic acids is 2. The van der Waals surface area contributed by atoms with Crippen molar-refractivity contribution in [1.82, 2.24) is 15.3 Å². The van der Waals surface area contributed by atoms with Crippen LogP contribution < -0.4 is 10.6 Å². The molecule has 1 aliphatic heterocycles. The molecule has 204 valence electrons. The number of benzene rings is 1. The first-order valence-corrected chi connectivity index (χ1v) is 12.1. The van der Waals surface area contributed by atoms with Gasteiger partial charge in [0.1, 0.15) is 11.2 Å². The van der Waals surface area contributed by atoms with Crippen molar-refractivity contribution in [2.24, 2.45) is 10.4 Å². The van der Waals surface area contributed by atoms with Gasteiger partial charge in [0.25, 0.3) is 5.91 Å². The second kappa shape index (κ2) is 11.6. The largest absolute Gasteiger partial charge is 0.506 e. The van der Waals surface area contributed by atoms with Crippen molar-refractivity contribution < 1.29 is 32.6 Å². The number of aromatic nitrogens is 2. The maximum atomic E-state index is 13.4. The van der Waals surface area contributed by atoms with Gasteiger partial charge in [0.2, 0.25) is 5.91 Å². The molecule has 1 saturated heterocycles. The molecule has 0 radical (unpaired) electrons. The van der Waals surface area contributed by atoms with Gasteiger partial charge in [-0.15, -0.1) is 0 Å². The number of aromatic hydroxyl groups is 1. The van der Waals surface area contributed by atoms with Crippen LogP contribution >= 0.6 is 23.2 Å². The summed E-state index contributed by atoms with van der Waals surface area (Å²) in [4.78, 5) is 37.2. The van der Waals surface area contributed by atoms with Crippen LogP contribution in [-0.2, 0) is 22.3 Å². The Balaban J connectivity index is 1.44. The lowest BCUT2D eigenvalue weighted by atomic mass is 9.87. The van der Waals surface area contributed by atoms with E-state index in [0.717, 1.165) is 6.07 Å². The molecule has 0 unspecified atom stereocenters. The highest BCUT2D eigenvalue weighted by Gasteiger charge is 2.41. The second-order valence-electron chi connectivity index (χ2n) is 8.60. The molecule has 2 aromatic heterocycles. The smallest absolute Gasteiger partial charge is 0.418 e. The summed E-state index contributed by atoms with van der Waals surface area (Å²) in [5, 5.41) is 14.9. The van der Waals surface area contributed by atoms with Crippen LogP contribution in [0.2, 0.25) is 10.0 Å². The average Bonchev–Trinajstić information content (AvgIpc) is 3.37. The number of halogens is 5. The van der Waals surface area contributed by atoms with Crippen LogP contribution in [-0.4, -0.2) is 46.3 Å². The number of alkyl halides is 3. The van der Waals surface area contributed by atoms with E-state index in [1.54, 1.807) is 0 Å². The van der Waals surface area contributed by atoms with Gasteiger partial charge in [-0.25, -0.2) is 4.99 Å². The molecule has 0 saturated carbocycles. The van der Waals surface area contributed by atoms with Gasteiger partial charge >= 0.3 is 6.18 Å². The molecular formula is C25H20Cl2F3N5O4. The molecule has 0 aliphatic carbocycles. The van der Waals surface area contributed by atoms with Gasteiger partial charge in [-0.2, -0.15) is 13.2 Å². The fourth-order valence-electron chi connectivity index (χ4n) is 3.74. The monoisotopic (exact) mass is 581 g/mol. The number of ether oxygens (including phenoxy) is 1. The zero-order valence-electron chi connectivity index (χ0n) is 19.9. The number of nitrogens with one attached hydrogen (secondary N) is 2. The summed E-state index contributed by atoms with van der Waals surface area (Å²) in [5.41, 5.74) is -1.91. The Morgan fingerprint density at radius 2 is 1.97 bits per heavy atom. The molecule has 0 bridgehead atoms. The lowest BCUT2D eigenvalue weighted by molar-refractivity contribution is -0.137. The van der Waals surface area contributed by atoms with Crippen molar-refractivity contribution >= 4 is 52.6 Å². The van der Waals surface area contributed by atoms with Crippen LogP contribution in [0.5, 0.6) is 5.75 Å². The number of amides is 2. The molecule has 3 heterocycles. The number of hydrogen-bond acceptors (Lipinski definition) is 7. The van der Waals surface area contributed by atoms with E-state index >= 15 is 0 Å². The lowest BCUT2D eigenvalue weighted by Crippen LogP contribution is -2.42. The molecule has 3 N–H and O–H groups in total. The van der Waals surface area contributed by atoms with E-state index in [9.17, 15) is 27.9 Å². The first-order valence-electron chi connectivity index (χ1n) is 11.3. The van der Waals surface area contributed by atoms with Crippen LogP contribution in [0, 0.1) is 5.41 Å². The topological polar surface area (TPSA) is 126 Å². The standard InChI is InChI=1S/C25H20Cl2F3N5O4/c26-15-1-2-20(18(6-15)25(28,29)30)35-16-7-19(27)21(32-9-16)11-33-23(38)24(3-4-39-13-24)12-34-22(37)14-5-17(36)10-31-8-14/h1-2,5-10,12,35-36H,3-4,11,13H2,(H,33,38)/t24-/m0/s1. The van der Waals surface area contributed by atoms with Crippen LogP contribution in [0.15, 0.2) is 53.9 Å². The van der Waals surface area contributed by atoms with Gasteiger partial charge < -0.3 is 20.5 Å². The SMILES string of the molecule is O=C(N=C[C@@]1(C(=O)NCc2ncc(Nc3ccc(Cl)cc3C(F)(F)F)cc2Cl)CCOC1)c1cncc(O)c1. The number of anilines is 2. The minimum absolute atomic E-state index is 0.0133. The highest BCUT2D eigenvalue weighted by Crippen LogP contribution is 2.38. The van der Waals surface area contributed by atoms with Crippen molar-refractivity contribution in [2.75, 3.05) is 18.5 Å². The lowest BCUT2D eigenvalue weighted by Gasteiger charge is -2.21. The molecule has 1 aromatic carbocycles. The van der Waals surface area contributed by atoms with Crippen molar-refractivity contribution in [3.05, 3.63) is 75.8 Å². The molecule has 2 amide bonds. The Morgan fingerprint density at radius 3 is 2.64 bits per heavy atom. The van der Waals surface area contributed by atoms with E-state index in [4.69, 9.17) is 27.9 Å². The first-order chi connectivity index (χ1) is 18.5. The molecule has 1 atom stereocenters. The van der Waals surface area contributed by atoms with Crippen molar-refractivity contribution in [2.45, 2.75) is 19.1 Å².